The van der Waals surface area contributed by atoms with E-state index in [2.05, 4.69) is 9.24 Å². The smallest absolute Gasteiger partial charge is 0.0928 e. The first-order valence-electron chi connectivity index (χ1n) is 1.18. The van der Waals surface area contributed by atoms with E-state index in [1.807, 2.05) is 0 Å². The van der Waals surface area contributed by atoms with E-state index in [4.69, 9.17) is 0 Å². The molecule has 2 heteroatoms. The van der Waals surface area contributed by atoms with Crippen molar-refractivity contribution < 1.29 is 4.39 Å². The van der Waals surface area contributed by atoms with Crippen LogP contribution in [-0.4, -0.2) is 12.8 Å². The Balaban J connectivity index is 1.97. The van der Waals surface area contributed by atoms with Crippen LogP contribution in [0, 0.1) is 0 Å². The largest absolute Gasteiger partial charge is 0.251 e. The van der Waals surface area contributed by atoms with E-state index < -0.39 is 0 Å². The zero-order chi connectivity index (χ0) is 3.41. The molecule has 0 aromatic rings. The van der Waals surface area contributed by atoms with E-state index in [9.17, 15) is 4.39 Å². The minimum absolute atomic E-state index is 0.218. The maximum absolute atomic E-state index is 10.7. The molecule has 1 atom stereocenters. The highest BCUT2D eigenvalue weighted by Crippen LogP contribution is 1.75. The summed E-state index contributed by atoms with van der Waals surface area (Å²) in [6.45, 7) is -0.218. The van der Waals surface area contributed by atoms with E-state index in [-0.39, 0.29) is 6.67 Å². The average molecular weight is 80.0 g/mol. The molecule has 0 aliphatic carbocycles. The first kappa shape index (κ1) is 4.36. The summed E-state index contributed by atoms with van der Waals surface area (Å²) < 4.78 is 10.7. The molecule has 0 aliphatic rings. The molecule has 0 N–H and O–H groups in total. The van der Waals surface area contributed by atoms with Gasteiger partial charge in [-0.05, 0) is 6.16 Å². The lowest BCUT2D eigenvalue weighted by Crippen LogP contribution is -1.65. The van der Waals surface area contributed by atoms with Gasteiger partial charge < -0.3 is 0 Å². The highest BCUT2D eigenvalue weighted by molar-refractivity contribution is 7.16. The van der Waals surface area contributed by atoms with Crippen LogP contribution in [0.1, 0.15) is 0 Å². The first-order valence-corrected chi connectivity index (χ1v) is 1.99. The van der Waals surface area contributed by atoms with Crippen LogP contribution in [0.15, 0.2) is 0 Å². The molecule has 26 valence electrons. The lowest BCUT2D eigenvalue weighted by Gasteiger charge is -1.65. The van der Waals surface area contributed by atoms with E-state index >= 15 is 0 Å². The Kier molecular flexibility index (Phi) is 3.66. The fourth-order valence-corrected chi connectivity index (χ4v) is 0. The fraction of sp³-hybridized carbons (Fsp3) is 1.00. The van der Waals surface area contributed by atoms with Gasteiger partial charge in [-0.1, -0.05) is 0 Å². The molecule has 0 spiro atoms. The molecule has 0 aromatic heterocycles. The van der Waals surface area contributed by atoms with Crippen LogP contribution in [-0.2, 0) is 0 Å². The van der Waals surface area contributed by atoms with Gasteiger partial charge in [0.05, 0.1) is 6.67 Å². The van der Waals surface area contributed by atoms with Crippen molar-refractivity contribution in [3.63, 3.8) is 0 Å². The third kappa shape index (κ3) is 2.36. The molecule has 0 bridgehead atoms. The van der Waals surface area contributed by atoms with Crippen molar-refractivity contribution in [1.29, 1.82) is 0 Å². The number of halogens is 1. The van der Waals surface area contributed by atoms with Gasteiger partial charge in [0.25, 0.3) is 0 Å². The summed E-state index contributed by atoms with van der Waals surface area (Å²) in [5.74, 6) is 0. The van der Waals surface area contributed by atoms with Crippen LogP contribution in [0.4, 0.5) is 4.39 Å². The Labute approximate surface area is 27.6 Å². The van der Waals surface area contributed by atoms with Gasteiger partial charge in [-0.25, -0.2) is 0 Å². The maximum atomic E-state index is 10.7. The van der Waals surface area contributed by atoms with E-state index in [0.717, 1.165) is 0 Å². The molecule has 0 rings (SSSR count). The third-order valence-electron chi connectivity index (χ3n) is 0.109. The lowest BCUT2D eigenvalue weighted by atomic mass is 10.9. The zero-order valence-electron chi connectivity index (χ0n) is 2.37. The van der Waals surface area contributed by atoms with Gasteiger partial charge in [0.1, 0.15) is 0 Å². The Morgan fingerprint density at radius 3 is 2.00 bits per heavy atom. The molecule has 0 radical (unpaired) electrons. The molecule has 1 unspecified atom stereocenters. The SMILES string of the molecule is FCCP. The molecular weight excluding hydrogens is 74.0 g/mol. The van der Waals surface area contributed by atoms with Crippen molar-refractivity contribution in [2.45, 2.75) is 0 Å². The molecule has 0 fully saturated rings. The first-order chi connectivity index (χ1) is 1.91. The minimum atomic E-state index is -0.218. The average Bonchev–Trinajstić information content (AvgIpc) is 1.37. The normalized spacial score (nSPS) is 7.50. The number of rotatable bonds is 1. The number of hydrogen-bond acceptors (Lipinski definition) is 0. The summed E-state index contributed by atoms with van der Waals surface area (Å²) in [4.78, 5) is 0. The molecule has 0 nitrogen and oxygen atoms in total. The van der Waals surface area contributed by atoms with Gasteiger partial charge in [-0.2, -0.15) is 0 Å². The lowest BCUT2D eigenvalue weighted by molar-refractivity contribution is 0.532. The van der Waals surface area contributed by atoms with Crippen molar-refractivity contribution in [1.82, 2.24) is 0 Å². The molecule has 0 aromatic carbocycles. The second-order valence-electron chi connectivity index (χ2n) is 0.478. The van der Waals surface area contributed by atoms with E-state index in [1.54, 1.807) is 0 Å². The predicted octanol–water partition coefficient (Wildman–Crippen LogP) is 0.831. The van der Waals surface area contributed by atoms with Crippen LogP contribution in [0.3, 0.4) is 0 Å². The molecule has 0 saturated heterocycles. The summed E-state index contributed by atoms with van der Waals surface area (Å²) in [5, 5.41) is 0. The summed E-state index contributed by atoms with van der Waals surface area (Å²) in [5.41, 5.74) is 0. The third-order valence-corrected chi connectivity index (χ3v) is 0.327. The standard InChI is InChI=1S/C2H6FP/c3-1-2-4/h1-2,4H2. The topological polar surface area (TPSA) is 0 Å². The molecule has 0 saturated carbocycles. The summed E-state index contributed by atoms with van der Waals surface area (Å²) in [6.07, 6.45) is 0.569. The van der Waals surface area contributed by atoms with Gasteiger partial charge in [0, 0.05) is 0 Å². The number of hydrogen-bond donors (Lipinski definition) is 0. The summed E-state index contributed by atoms with van der Waals surface area (Å²) >= 11 is 0. The Morgan fingerprint density at radius 2 is 2.00 bits per heavy atom. The second kappa shape index (κ2) is 3.36. The Bertz CT molecular complexity index is 8.00. The Morgan fingerprint density at radius 1 is 1.75 bits per heavy atom. The van der Waals surface area contributed by atoms with Crippen LogP contribution in [0.25, 0.3) is 0 Å². The monoisotopic (exact) mass is 80.0 g/mol. The van der Waals surface area contributed by atoms with Crippen molar-refractivity contribution >= 4 is 9.24 Å². The number of alkyl halides is 1. The fourth-order valence-electron chi connectivity index (χ4n) is 0. The maximum Gasteiger partial charge on any atom is 0.0928 e. The Hall–Kier alpha value is 0.360. The van der Waals surface area contributed by atoms with Gasteiger partial charge in [-0.15, -0.1) is 9.24 Å². The van der Waals surface area contributed by atoms with Crippen molar-refractivity contribution in [3.8, 4) is 0 Å². The van der Waals surface area contributed by atoms with Gasteiger partial charge >= 0.3 is 0 Å². The summed E-state index contributed by atoms with van der Waals surface area (Å²) in [6, 6.07) is 0. The van der Waals surface area contributed by atoms with Crippen molar-refractivity contribution in [2.75, 3.05) is 12.8 Å². The predicted molar refractivity (Wildman–Crippen MR) is 20.6 cm³/mol. The van der Waals surface area contributed by atoms with Gasteiger partial charge in [0.2, 0.25) is 0 Å². The van der Waals surface area contributed by atoms with Crippen LogP contribution in [0.2, 0.25) is 0 Å². The van der Waals surface area contributed by atoms with Gasteiger partial charge in [0.15, 0.2) is 0 Å². The van der Waals surface area contributed by atoms with Crippen LogP contribution >= 0.6 is 9.24 Å². The second-order valence-corrected chi connectivity index (χ2v) is 1.06. The minimum Gasteiger partial charge on any atom is -0.251 e. The van der Waals surface area contributed by atoms with E-state index in [1.165, 1.54) is 0 Å². The highest BCUT2D eigenvalue weighted by atomic mass is 31.0. The molecule has 0 amide bonds. The van der Waals surface area contributed by atoms with Crippen LogP contribution < -0.4 is 0 Å². The van der Waals surface area contributed by atoms with Crippen molar-refractivity contribution in [2.24, 2.45) is 0 Å². The summed E-state index contributed by atoms with van der Waals surface area (Å²) in [7, 11) is 2.28. The molecule has 4 heavy (non-hydrogen) atoms. The zero-order valence-corrected chi connectivity index (χ0v) is 3.52. The quantitative estimate of drug-likeness (QED) is 0.409. The van der Waals surface area contributed by atoms with E-state index in [0.29, 0.717) is 6.16 Å². The van der Waals surface area contributed by atoms with Crippen molar-refractivity contribution in [3.05, 3.63) is 0 Å². The van der Waals surface area contributed by atoms with Crippen LogP contribution in [0.5, 0.6) is 0 Å². The van der Waals surface area contributed by atoms with Gasteiger partial charge in [-0.3, -0.25) is 4.39 Å². The molecule has 0 aliphatic heterocycles. The highest BCUT2D eigenvalue weighted by Gasteiger charge is 1.60. The molecular formula is C2H6FP. The molecule has 0 heterocycles.